The molecule has 0 amide bonds. The van der Waals surface area contributed by atoms with E-state index in [0.29, 0.717) is 0 Å². The van der Waals surface area contributed by atoms with Crippen LogP contribution in [0.5, 0.6) is 0 Å². The fourth-order valence-electron chi connectivity index (χ4n) is 4.01. The summed E-state index contributed by atoms with van der Waals surface area (Å²) in [5.41, 5.74) is 4.54. The standard InChI is InChI=1S/C21H26N2/c1-2-6-18(7-3-1)17-22-12-14-23(15-13-22)21-11-10-19-8-4-5-9-20(19)16-21/h1-4,6-8,10-11,20H,5,9,12-17H2. The molecule has 1 unspecified atom stereocenters. The molecule has 0 N–H and O–H groups in total. The molecule has 3 aliphatic rings. The van der Waals surface area contributed by atoms with E-state index in [1.165, 1.54) is 51.0 Å². The Balaban J connectivity index is 1.34. The van der Waals surface area contributed by atoms with Crippen molar-refractivity contribution in [1.29, 1.82) is 0 Å². The van der Waals surface area contributed by atoms with Gasteiger partial charge in [0, 0.05) is 38.4 Å². The second-order valence-electron chi connectivity index (χ2n) is 6.95. The molecule has 0 spiro atoms. The number of fused-ring (bicyclic) bond motifs is 1. The van der Waals surface area contributed by atoms with Gasteiger partial charge in [0.2, 0.25) is 0 Å². The third-order valence-electron chi connectivity index (χ3n) is 5.41. The van der Waals surface area contributed by atoms with Gasteiger partial charge in [0.25, 0.3) is 0 Å². The minimum absolute atomic E-state index is 0.766. The van der Waals surface area contributed by atoms with E-state index >= 15 is 0 Å². The summed E-state index contributed by atoms with van der Waals surface area (Å²) in [6, 6.07) is 10.8. The SMILES string of the molecule is C1=CC2=CC=C(N3CCN(Cc4ccccc4)CC3)CC2CC1. The lowest BCUT2D eigenvalue weighted by Crippen LogP contribution is -2.45. The quantitative estimate of drug-likeness (QED) is 0.833. The molecule has 1 aliphatic heterocycles. The molecule has 120 valence electrons. The molecule has 2 nitrogen and oxygen atoms in total. The van der Waals surface area contributed by atoms with E-state index in [4.69, 9.17) is 0 Å². The van der Waals surface area contributed by atoms with Crippen LogP contribution in [0.2, 0.25) is 0 Å². The Labute approximate surface area is 139 Å². The summed E-state index contributed by atoms with van der Waals surface area (Å²) >= 11 is 0. The molecule has 0 saturated carbocycles. The van der Waals surface area contributed by atoms with Crippen LogP contribution in [0.3, 0.4) is 0 Å². The van der Waals surface area contributed by atoms with E-state index in [1.807, 2.05) is 0 Å². The third-order valence-corrected chi connectivity index (χ3v) is 5.41. The molecule has 1 heterocycles. The second kappa shape index (κ2) is 6.76. The zero-order valence-electron chi connectivity index (χ0n) is 13.8. The van der Waals surface area contributed by atoms with Gasteiger partial charge in [0.1, 0.15) is 0 Å². The number of nitrogens with zero attached hydrogens (tertiary/aromatic N) is 2. The lowest BCUT2D eigenvalue weighted by Gasteiger charge is -2.39. The Kier molecular flexibility index (Phi) is 4.34. The van der Waals surface area contributed by atoms with Crippen LogP contribution in [0.1, 0.15) is 24.8 Å². The van der Waals surface area contributed by atoms with Gasteiger partial charge >= 0.3 is 0 Å². The van der Waals surface area contributed by atoms with Crippen molar-refractivity contribution in [1.82, 2.24) is 9.80 Å². The zero-order chi connectivity index (χ0) is 15.5. The minimum Gasteiger partial charge on any atom is -0.372 e. The van der Waals surface area contributed by atoms with Gasteiger partial charge in [-0.1, -0.05) is 48.6 Å². The van der Waals surface area contributed by atoms with E-state index < -0.39 is 0 Å². The fraction of sp³-hybridized carbons (Fsp3) is 0.429. The molecule has 1 aromatic carbocycles. The van der Waals surface area contributed by atoms with Crippen LogP contribution in [0.25, 0.3) is 0 Å². The zero-order valence-corrected chi connectivity index (χ0v) is 13.8. The molecular formula is C21H26N2. The summed E-state index contributed by atoms with van der Waals surface area (Å²) in [5.74, 6) is 0.766. The summed E-state index contributed by atoms with van der Waals surface area (Å²) in [6.45, 7) is 5.78. The summed E-state index contributed by atoms with van der Waals surface area (Å²) in [5, 5.41) is 0. The average molecular weight is 306 g/mol. The monoisotopic (exact) mass is 306 g/mol. The molecule has 0 radical (unpaired) electrons. The third kappa shape index (κ3) is 3.42. The molecule has 1 atom stereocenters. The number of rotatable bonds is 3. The number of hydrogen-bond donors (Lipinski definition) is 0. The predicted octanol–water partition coefficient (Wildman–Crippen LogP) is 3.98. The highest BCUT2D eigenvalue weighted by atomic mass is 15.3. The lowest BCUT2D eigenvalue weighted by molar-refractivity contribution is 0.147. The van der Waals surface area contributed by atoms with Crippen molar-refractivity contribution in [3.8, 4) is 0 Å². The average Bonchev–Trinajstić information content (AvgIpc) is 2.63. The molecule has 1 fully saturated rings. The van der Waals surface area contributed by atoms with Crippen LogP contribution in [0.4, 0.5) is 0 Å². The summed E-state index contributed by atoms with van der Waals surface area (Å²) < 4.78 is 0. The first kappa shape index (κ1) is 14.8. The maximum atomic E-state index is 2.62. The summed E-state index contributed by atoms with van der Waals surface area (Å²) in [7, 11) is 0. The highest BCUT2D eigenvalue weighted by Crippen LogP contribution is 2.34. The maximum Gasteiger partial charge on any atom is 0.0303 e. The first-order valence-corrected chi connectivity index (χ1v) is 8.97. The molecule has 4 rings (SSSR count). The van der Waals surface area contributed by atoms with Gasteiger partial charge in [-0.15, -0.1) is 0 Å². The number of benzene rings is 1. The van der Waals surface area contributed by atoms with Crippen molar-refractivity contribution in [2.24, 2.45) is 5.92 Å². The molecule has 1 aromatic rings. The molecular weight excluding hydrogens is 280 g/mol. The normalized spacial score (nSPS) is 24.9. The Morgan fingerprint density at radius 1 is 0.957 bits per heavy atom. The maximum absolute atomic E-state index is 2.62. The topological polar surface area (TPSA) is 6.48 Å². The number of piperazine rings is 1. The first-order valence-electron chi connectivity index (χ1n) is 8.97. The van der Waals surface area contributed by atoms with Crippen molar-refractivity contribution < 1.29 is 0 Å². The van der Waals surface area contributed by atoms with Crippen molar-refractivity contribution in [2.45, 2.75) is 25.8 Å². The number of hydrogen-bond acceptors (Lipinski definition) is 2. The van der Waals surface area contributed by atoms with Crippen molar-refractivity contribution in [3.63, 3.8) is 0 Å². The summed E-state index contributed by atoms with van der Waals surface area (Å²) in [4.78, 5) is 5.20. The Morgan fingerprint density at radius 3 is 2.61 bits per heavy atom. The van der Waals surface area contributed by atoms with Crippen molar-refractivity contribution in [3.05, 3.63) is 71.5 Å². The lowest BCUT2D eigenvalue weighted by atomic mass is 9.82. The van der Waals surface area contributed by atoms with E-state index in [9.17, 15) is 0 Å². The minimum atomic E-state index is 0.766. The second-order valence-corrected chi connectivity index (χ2v) is 6.95. The van der Waals surface area contributed by atoms with Gasteiger partial charge in [-0.3, -0.25) is 4.90 Å². The van der Waals surface area contributed by atoms with Gasteiger partial charge in [-0.2, -0.15) is 0 Å². The Hall–Kier alpha value is -1.80. The van der Waals surface area contributed by atoms with Crippen LogP contribution < -0.4 is 0 Å². The van der Waals surface area contributed by atoms with Gasteiger partial charge < -0.3 is 4.90 Å². The van der Waals surface area contributed by atoms with Crippen LogP contribution >= 0.6 is 0 Å². The molecule has 23 heavy (non-hydrogen) atoms. The van der Waals surface area contributed by atoms with Crippen LogP contribution in [-0.4, -0.2) is 36.0 Å². The van der Waals surface area contributed by atoms with Crippen molar-refractivity contribution >= 4 is 0 Å². The van der Waals surface area contributed by atoms with Crippen molar-refractivity contribution in [2.75, 3.05) is 26.2 Å². The molecule has 0 bridgehead atoms. The van der Waals surface area contributed by atoms with Gasteiger partial charge in [0.05, 0.1) is 0 Å². The fourth-order valence-corrected chi connectivity index (χ4v) is 4.01. The highest BCUT2D eigenvalue weighted by molar-refractivity contribution is 5.35. The van der Waals surface area contributed by atoms with E-state index in [1.54, 1.807) is 11.3 Å². The van der Waals surface area contributed by atoms with Crippen LogP contribution in [0, 0.1) is 5.92 Å². The smallest absolute Gasteiger partial charge is 0.0303 e. The number of allylic oxidation sites excluding steroid dienone is 6. The Bertz CT molecular complexity index is 619. The van der Waals surface area contributed by atoms with Gasteiger partial charge in [-0.25, -0.2) is 0 Å². The van der Waals surface area contributed by atoms with E-state index in [-0.39, 0.29) is 0 Å². The van der Waals surface area contributed by atoms with E-state index in [0.717, 1.165) is 12.5 Å². The van der Waals surface area contributed by atoms with Gasteiger partial charge in [0.15, 0.2) is 0 Å². The van der Waals surface area contributed by atoms with Crippen LogP contribution in [0.15, 0.2) is 65.9 Å². The molecule has 2 heteroatoms. The summed E-state index contributed by atoms with van der Waals surface area (Å²) in [6.07, 6.45) is 13.2. The first-order chi connectivity index (χ1) is 11.4. The molecule has 1 saturated heterocycles. The highest BCUT2D eigenvalue weighted by Gasteiger charge is 2.24. The van der Waals surface area contributed by atoms with Gasteiger partial charge in [-0.05, 0) is 42.4 Å². The van der Waals surface area contributed by atoms with E-state index in [2.05, 4.69) is 64.4 Å². The largest absolute Gasteiger partial charge is 0.372 e. The molecule has 2 aliphatic carbocycles. The Morgan fingerprint density at radius 2 is 1.78 bits per heavy atom. The molecule has 0 aromatic heterocycles. The predicted molar refractivity (Wildman–Crippen MR) is 95.9 cm³/mol. The van der Waals surface area contributed by atoms with Crippen LogP contribution in [-0.2, 0) is 6.54 Å².